The second-order valence-corrected chi connectivity index (χ2v) is 4.79. The Balaban J connectivity index is 1.80. The Morgan fingerprint density at radius 1 is 1.44 bits per heavy atom. The highest BCUT2D eigenvalue weighted by Gasteiger charge is 2.17. The molecule has 0 atom stereocenters. The van der Waals surface area contributed by atoms with Crippen molar-refractivity contribution in [2.24, 2.45) is 0 Å². The quantitative estimate of drug-likeness (QED) is 0.844. The van der Waals surface area contributed by atoms with Gasteiger partial charge in [-0.05, 0) is 19.1 Å². The van der Waals surface area contributed by atoms with Crippen LogP contribution >= 0.6 is 0 Å². The van der Waals surface area contributed by atoms with Crippen LogP contribution in [0.1, 0.15) is 11.5 Å². The number of nitrogens with one attached hydrogen (secondary N) is 1. The van der Waals surface area contributed by atoms with Crippen molar-refractivity contribution in [2.45, 2.75) is 13.5 Å². The molecular formula is C13H21N3O2. The zero-order valence-electron chi connectivity index (χ0n) is 11.1. The molecule has 0 bridgehead atoms. The molecule has 1 saturated heterocycles. The summed E-state index contributed by atoms with van der Waals surface area (Å²) in [7, 11) is 1.82. The van der Waals surface area contributed by atoms with Crippen molar-refractivity contribution in [1.82, 2.24) is 15.1 Å². The molecule has 0 aliphatic carbocycles. The van der Waals surface area contributed by atoms with Crippen molar-refractivity contribution >= 4 is 5.91 Å². The Labute approximate surface area is 108 Å². The maximum Gasteiger partial charge on any atom is 0.236 e. The van der Waals surface area contributed by atoms with E-state index in [1.165, 1.54) is 0 Å². The van der Waals surface area contributed by atoms with Gasteiger partial charge in [-0.25, -0.2) is 0 Å². The minimum Gasteiger partial charge on any atom is -0.464 e. The van der Waals surface area contributed by atoms with Gasteiger partial charge < -0.3 is 14.6 Å². The first-order valence-corrected chi connectivity index (χ1v) is 6.37. The van der Waals surface area contributed by atoms with E-state index in [9.17, 15) is 4.79 Å². The van der Waals surface area contributed by atoms with Gasteiger partial charge in [0.05, 0.1) is 13.1 Å². The first-order valence-electron chi connectivity index (χ1n) is 6.37. The van der Waals surface area contributed by atoms with Crippen LogP contribution in [0.5, 0.6) is 0 Å². The van der Waals surface area contributed by atoms with Crippen LogP contribution in [0.4, 0.5) is 0 Å². The number of nitrogens with zero attached hydrogens (tertiary/aromatic N) is 2. The number of likely N-dealkylation sites (N-methyl/N-ethyl adjacent to an activating group) is 1. The molecule has 1 aromatic heterocycles. The molecule has 5 nitrogen and oxygen atoms in total. The molecule has 0 unspecified atom stereocenters. The zero-order chi connectivity index (χ0) is 13.0. The number of furan rings is 1. The van der Waals surface area contributed by atoms with E-state index in [0.29, 0.717) is 13.1 Å². The average Bonchev–Trinajstić information content (AvgIpc) is 2.76. The van der Waals surface area contributed by atoms with Crippen LogP contribution in [0.2, 0.25) is 0 Å². The Bertz CT molecular complexity index is 397. The van der Waals surface area contributed by atoms with Crippen molar-refractivity contribution in [1.29, 1.82) is 0 Å². The SMILES string of the molecule is Cc1ccc(CN(C)C(=O)CN2CCNCC2)o1. The number of amides is 1. The molecule has 1 aromatic rings. The summed E-state index contributed by atoms with van der Waals surface area (Å²) >= 11 is 0. The largest absolute Gasteiger partial charge is 0.464 e. The van der Waals surface area contributed by atoms with E-state index in [2.05, 4.69) is 10.2 Å². The van der Waals surface area contributed by atoms with Crippen LogP contribution in [0.3, 0.4) is 0 Å². The first-order chi connectivity index (χ1) is 8.65. The molecule has 0 spiro atoms. The summed E-state index contributed by atoms with van der Waals surface area (Å²) in [6, 6.07) is 3.84. The number of rotatable bonds is 4. The molecule has 1 fully saturated rings. The second kappa shape index (κ2) is 6.02. The molecule has 1 aliphatic rings. The van der Waals surface area contributed by atoms with Gasteiger partial charge in [-0.1, -0.05) is 0 Å². The molecule has 0 radical (unpaired) electrons. The van der Waals surface area contributed by atoms with Gasteiger partial charge in [0.15, 0.2) is 0 Å². The van der Waals surface area contributed by atoms with Crippen molar-refractivity contribution in [2.75, 3.05) is 39.8 Å². The van der Waals surface area contributed by atoms with Gasteiger partial charge in [0.2, 0.25) is 5.91 Å². The van der Waals surface area contributed by atoms with E-state index in [1.54, 1.807) is 4.90 Å². The molecule has 0 aromatic carbocycles. The van der Waals surface area contributed by atoms with Crippen LogP contribution in [0.25, 0.3) is 0 Å². The normalized spacial score (nSPS) is 16.8. The predicted molar refractivity (Wildman–Crippen MR) is 69.2 cm³/mol. The summed E-state index contributed by atoms with van der Waals surface area (Å²) in [5.41, 5.74) is 0. The lowest BCUT2D eigenvalue weighted by Crippen LogP contribution is -2.47. The Morgan fingerprint density at radius 2 is 2.17 bits per heavy atom. The van der Waals surface area contributed by atoms with E-state index in [0.717, 1.165) is 37.7 Å². The molecule has 1 amide bonds. The van der Waals surface area contributed by atoms with Gasteiger partial charge in [-0.2, -0.15) is 0 Å². The highest BCUT2D eigenvalue weighted by atomic mass is 16.3. The lowest BCUT2D eigenvalue weighted by Gasteiger charge is -2.28. The van der Waals surface area contributed by atoms with Crippen LogP contribution in [0, 0.1) is 6.92 Å². The lowest BCUT2D eigenvalue weighted by atomic mass is 10.3. The van der Waals surface area contributed by atoms with E-state index in [4.69, 9.17) is 4.42 Å². The maximum atomic E-state index is 12.0. The smallest absolute Gasteiger partial charge is 0.236 e. The fourth-order valence-electron chi connectivity index (χ4n) is 2.07. The number of hydrogen-bond donors (Lipinski definition) is 1. The third-order valence-corrected chi connectivity index (χ3v) is 3.18. The number of carbonyl (C=O) groups excluding carboxylic acids is 1. The Kier molecular flexibility index (Phi) is 4.38. The molecule has 18 heavy (non-hydrogen) atoms. The molecule has 2 rings (SSSR count). The van der Waals surface area contributed by atoms with Crippen molar-refractivity contribution < 1.29 is 9.21 Å². The van der Waals surface area contributed by atoms with E-state index in [1.807, 2.05) is 26.1 Å². The molecule has 1 aliphatic heterocycles. The summed E-state index contributed by atoms with van der Waals surface area (Å²) in [6.45, 7) is 6.77. The number of aryl methyl sites for hydroxylation is 1. The highest BCUT2D eigenvalue weighted by Crippen LogP contribution is 2.09. The summed E-state index contributed by atoms with van der Waals surface area (Å²) in [5.74, 6) is 1.86. The lowest BCUT2D eigenvalue weighted by molar-refractivity contribution is -0.132. The molecule has 5 heteroatoms. The minimum absolute atomic E-state index is 0.144. The maximum absolute atomic E-state index is 12.0. The standard InChI is InChI=1S/C13H21N3O2/c1-11-3-4-12(18-11)9-15(2)13(17)10-16-7-5-14-6-8-16/h3-4,14H,5-10H2,1-2H3. The fourth-order valence-corrected chi connectivity index (χ4v) is 2.07. The summed E-state index contributed by atoms with van der Waals surface area (Å²) in [6.07, 6.45) is 0. The third kappa shape index (κ3) is 3.58. The monoisotopic (exact) mass is 251 g/mol. The summed E-state index contributed by atoms with van der Waals surface area (Å²) < 4.78 is 5.48. The first kappa shape index (κ1) is 13.1. The molecule has 2 heterocycles. The predicted octanol–water partition coefficient (Wildman–Crippen LogP) is 0.452. The topological polar surface area (TPSA) is 48.7 Å². The van der Waals surface area contributed by atoms with Gasteiger partial charge in [-0.3, -0.25) is 9.69 Å². The van der Waals surface area contributed by atoms with Gasteiger partial charge in [-0.15, -0.1) is 0 Å². The van der Waals surface area contributed by atoms with Gasteiger partial charge in [0.1, 0.15) is 11.5 Å². The van der Waals surface area contributed by atoms with Crippen molar-refractivity contribution in [3.8, 4) is 0 Å². The van der Waals surface area contributed by atoms with Gasteiger partial charge in [0, 0.05) is 33.2 Å². The Morgan fingerprint density at radius 3 is 2.78 bits per heavy atom. The minimum atomic E-state index is 0.144. The van der Waals surface area contributed by atoms with Gasteiger partial charge in [0.25, 0.3) is 0 Å². The summed E-state index contributed by atoms with van der Waals surface area (Å²) in [4.78, 5) is 16.0. The van der Waals surface area contributed by atoms with E-state index >= 15 is 0 Å². The molecular weight excluding hydrogens is 230 g/mol. The van der Waals surface area contributed by atoms with Crippen LogP contribution < -0.4 is 5.32 Å². The van der Waals surface area contributed by atoms with Crippen LogP contribution in [-0.4, -0.2) is 55.5 Å². The van der Waals surface area contributed by atoms with E-state index in [-0.39, 0.29) is 5.91 Å². The number of piperazine rings is 1. The van der Waals surface area contributed by atoms with Crippen LogP contribution in [0.15, 0.2) is 16.5 Å². The Hall–Kier alpha value is -1.33. The fraction of sp³-hybridized carbons (Fsp3) is 0.615. The summed E-state index contributed by atoms with van der Waals surface area (Å²) in [5, 5.41) is 3.28. The third-order valence-electron chi connectivity index (χ3n) is 3.18. The average molecular weight is 251 g/mol. The number of carbonyl (C=O) groups is 1. The van der Waals surface area contributed by atoms with E-state index < -0.39 is 0 Å². The molecule has 1 N–H and O–H groups in total. The van der Waals surface area contributed by atoms with Crippen LogP contribution in [-0.2, 0) is 11.3 Å². The number of hydrogen-bond acceptors (Lipinski definition) is 4. The highest BCUT2D eigenvalue weighted by molar-refractivity contribution is 5.77. The molecule has 0 saturated carbocycles. The van der Waals surface area contributed by atoms with Gasteiger partial charge >= 0.3 is 0 Å². The zero-order valence-corrected chi connectivity index (χ0v) is 11.1. The molecule has 100 valence electrons. The van der Waals surface area contributed by atoms with Crippen molar-refractivity contribution in [3.05, 3.63) is 23.7 Å². The second-order valence-electron chi connectivity index (χ2n) is 4.79. The van der Waals surface area contributed by atoms with Crippen molar-refractivity contribution in [3.63, 3.8) is 0 Å².